The van der Waals surface area contributed by atoms with Crippen LogP contribution in [0.4, 0.5) is 0 Å². The fourth-order valence-corrected chi connectivity index (χ4v) is 3.08. The highest BCUT2D eigenvalue weighted by molar-refractivity contribution is 7.98. The summed E-state index contributed by atoms with van der Waals surface area (Å²) in [6.45, 7) is 0. The van der Waals surface area contributed by atoms with Crippen LogP contribution in [-0.2, 0) is 5.75 Å². The van der Waals surface area contributed by atoms with Gasteiger partial charge in [-0.2, -0.15) is 4.68 Å². The minimum Gasteiger partial charge on any atom is -0.264 e. The van der Waals surface area contributed by atoms with E-state index in [1.54, 1.807) is 29.0 Å². The Morgan fingerprint density at radius 3 is 2.74 bits per heavy atom. The Kier molecular flexibility index (Phi) is 3.69. The van der Waals surface area contributed by atoms with Crippen molar-refractivity contribution in [3.8, 4) is 5.69 Å². The van der Waals surface area contributed by atoms with Crippen molar-refractivity contribution in [2.24, 2.45) is 0 Å². The van der Waals surface area contributed by atoms with Crippen molar-refractivity contribution in [1.82, 2.24) is 29.9 Å². The second-order valence-corrected chi connectivity index (χ2v) is 5.80. The number of pyridine rings is 1. The molecule has 0 spiro atoms. The van der Waals surface area contributed by atoms with Crippen LogP contribution >= 0.6 is 11.8 Å². The molecule has 0 amide bonds. The van der Waals surface area contributed by atoms with E-state index in [1.165, 1.54) is 0 Å². The van der Waals surface area contributed by atoms with Crippen LogP contribution in [0.1, 0.15) is 5.56 Å². The van der Waals surface area contributed by atoms with Crippen LogP contribution in [0.5, 0.6) is 0 Å². The summed E-state index contributed by atoms with van der Waals surface area (Å²) < 4.78 is 1.73. The molecule has 0 aliphatic rings. The lowest BCUT2D eigenvalue weighted by Gasteiger charge is -2.02. The molecular formula is C16H12N6S. The third kappa shape index (κ3) is 2.78. The van der Waals surface area contributed by atoms with Crippen molar-refractivity contribution < 1.29 is 0 Å². The van der Waals surface area contributed by atoms with Gasteiger partial charge in [0.2, 0.25) is 0 Å². The van der Waals surface area contributed by atoms with Crippen LogP contribution in [0.2, 0.25) is 0 Å². The molecule has 112 valence electrons. The van der Waals surface area contributed by atoms with E-state index < -0.39 is 0 Å². The molecule has 1 aromatic carbocycles. The normalized spacial score (nSPS) is 11.0. The van der Waals surface area contributed by atoms with Crippen LogP contribution in [0.3, 0.4) is 0 Å². The lowest BCUT2D eigenvalue weighted by Crippen LogP contribution is -1.97. The Balaban J connectivity index is 1.68. The number of benzene rings is 1. The second kappa shape index (κ2) is 6.13. The fourth-order valence-electron chi connectivity index (χ4n) is 2.21. The molecule has 4 rings (SSSR count). The molecule has 0 radical (unpaired) electrons. The van der Waals surface area contributed by atoms with Crippen LogP contribution < -0.4 is 0 Å². The maximum absolute atomic E-state index is 4.34. The maximum atomic E-state index is 4.34. The number of fused-ring (bicyclic) bond motifs is 1. The third-order valence-electron chi connectivity index (χ3n) is 3.30. The van der Waals surface area contributed by atoms with Gasteiger partial charge in [-0.3, -0.25) is 4.98 Å². The van der Waals surface area contributed by atoms with Gasteiger partial charge < -0.3 is 0 Å². The summed E-state index contributed by atoms with van der Waals surface area (Å²) in [6, 6.07) is 13.8. The van der Waals surface area contributed by atoms with Gasteiger partial charge in [-0.05, 0) is 23.8 Å². The predicted octanol–water partition coefficient (Wildman–Crippen LogP) is 2.90. The largest absolute Gasteiger partial charge is 0.264 e. The number of nitrogens with zero attached hydrogens (tertiary/aromatic N) is 6. The van der Waals surface area contributed by atoms with Gasteiger partial charge in [-0.25, -0.2) is 9.97 Å². The number of hydrogen-bond acceptors (Lipinski definition) is 6. The number of hydrogen-bond donors (Lipinski definition) is 0. The highest BCUT2D eigenvalue weighted by Crippen LogP contribution is 2.26. The second-order valence-electron chi connectivity index (χ2n) is 4.84. The molecule has 0 atom stereocenters. The van der Waals surface area contributed by atoms with E-state index in [0.29, 0.717) is 11.2 Å². The summed E-state index contributed by atoms with van der Waals surface area (Å²) in [7, 11) is 0. The number of para-hydroxylation sites is 1. The zero-order chi connectivity index (χ0) is 15.5. The number of rotatable bonds is 4. The molecule has 0 aliphatic carbocycles. The van der Waals surface area contributed by atoms with E-state index in [9.17, 15) is 0 Å². The topological polar surface area (TPSA) is 69.4 Å². The highest BCUT2D eigenvalue weighted by Gasteiger charge is 2.13. The summed E-state index contributed by atoms with van der Waals surface area (Å²) in [5, 5.41) is 9.30. The predicted molar refractivity (Wildman–Crippen MR) is 88.3 cm³/mol. The smallest absolute Gasteiger partial charge is 0.187 e. The number of aromatic nitrogens is 6. The first-order chi connectivity index (χ1) is 11.4. The van der Waals surface area contributed by atoms with Crippen molar-refractivity contribution in [3.05, 3.63) is 66.7 Å². The van der Waals surface area contributed by atoms with Crippen LogP contribution in [-0.4, -0.2) is 29.9 Å². The molecule has 0 bridgehead atoms. The minimum absolute atomic E-state index is 0.708. The van der Waals surface area contributed by atoms with Gasteiger partial charge in [0.25, 0.3) is 0 Å². The van der Waals surface area contributed by atoms with Gasteiger partial charge in [-0.15, -0.1) is 5.10 Å². The van der Waals surface area contributed by atoms with E-state index in [1.807, 2.05) is 48.7 Å². The van der Waals surface area contributed by atoms with Gasteiger partial charge in [0, 0.05) is 18.1 Å². The lowest BCUT2D eigenvalue weighted by molar-refractivity contribution is 0.817. The van der Waals surface area contributed by atoms with E-state index in [-0.39, 0.29) is 0 Å². The van der Waals surface area contributed by atoms with E-state index in [4.69, 9.17) is 0 Å². The Morgan fingerprint density at radius 1 is 1.00 bits per heavy atom. The first-order valence-corrected chi connectivity index (χ1v) is 8.04. The van der Waals surface area contributed by atoms with E-state index >= 15 is 0 Å². The molecule has 6 nitrogen and oxygen atoms in total. The maximum Gasteiger partial charge on any atom is 0.187 e. The SMILES string of the molecule is c1ccc(-n2nnc3c(SCc4cccnc4)ncnc32)cc1. The first kappa shape index (κ1) is 13.8. The summed E-state index contributed by atoms with van der Waals surface area (Å²) in [5.41, 5.74) is 3.49. The van der Waals surface area contributed by atoms with E-state index in [2.05, 4.69) is 25.3 Å². The zero-order valence-electron chi connectivity index (χ0n) is 12.1. The Hall–Kier alpha value is -2.80. The third-order valence-corrected chi connectivity index (χ3v) is 4.35. The Morgan fingerprint density at radius 2 is 1.91 bits per heavy atom. The molecule has 7 heteroatoms. The molecular weight excluding hydrogens is 308 g/mol. The van der Waals surface area contributed by atoms with E-state index in [0.717, 1.165) is 22.0 Å². The van der Waals surface area contributed by atoms with Gasteiger partial charge >= 0.3 is 0 Å². The number of thioether (sulfide) groups is 1. The molecule has 0 unspecified atom stereocenters. The molecule has 0 saturated carbocycles. The molecule has 23 heavy (non-hydrogen) atoms. The molecule has 3 heterocycles. The first-order valence-electron chi connectivity index (χ1n) is 7.05. The van der Waals surface area contributed by atoms with Gasteiger partial charge in [0.1, 0.15) is 11.4 Å². The van der Waals surface area contributed by atoms with Gasteiger partial charge in [0.15, 0.2) is 11.2 Å². The molecule has 4 aromatic rings. The summed E-state index contributed by atoms with van der Waals surface area (Å²) in [5.74, 6) is 0.776. The van der Waals surface area contributed by atoms with Crippen molar-refractivity contribution in [2.75, 3.05) is 0 Å². The monoisotopic (exact) mass is 320 g/mol. The molecule has 3 aromatic heterocycles. The van der Waals surface area contributed by atoms with Crippen LogP contribution in [0, 0.1) is 0 Å². The summed E-state index contributed by atoms with van der Waals surface area (Å²) >= 11 is 1.60. The molecule has 0 saturated heterocycles. The Labute approximate surface area is 136 Å². The fraction of sp³-hybridized carbons (Fsp3) is 0.0625. The highest BCUT2D eigenvalue weighted by atomic mass is 32.2. The average molecular weight is 320 g/mol. The summed E-state index contributed by atoms with van der Waals surface area (Å²) in [4.78, 5) is 12.8. The summed E-state index contributed by atoms with van der Waals surface area (Å²) in [6.07, 6.45) is 5.17. The Bertz CT molecular complexity index is 923. The van der Waals surface area contributed by atoms with Crippen molar-refractivity contribution >= 4 is 22.9 Å². The van der Waals surface area contributed by atoms with Crippen LogP contribution in [0.15, 0.2) is 66.2 Å². The lowest BCUT2D eigenvalue weighted by atomic mass is 10.3. The van der Waals surface area contributed by atoms with Crippen molar-refractivity contribution in [3.63, 3.8) is 0 Å². The molecule has 0 aliphatic heterocycles. The average Bonchev–Trinajstić information content (AvgIpc) is 3.06. The van der Waals surface area contributed by atoms with Crippen molar-refractivity contribution in [2.45, 2.75) is 10.8 Å². The standard InChI is InChI=1S/C16H12N6S/c1-2-6-13(7-3-1)22-15-14(20-21-22)16(19-11-18-15)23-10-12-5-4-8-17-9-12/h1-9,11H,10H2. The van der Waals surface area contributed by atoms with Gasteiger partial charge in [0.05, 0.1) is 5.69 Å². The quantitative estimate of drug-likeness (QED) is 0.425. The minimum atomic E-state index is 0.708. The van der Waals surface area contributed by atoms with Crippen LogP contribution in [0.25, 0.3) is 16.9 Å². The molecule has 0 fully saturated rings. The van der Waals surface area contributed by atoms with Crippen molar-refractivity contribution in [1.29, 1.82) is 0 Å². The molecule has 0 N–H and O–H groups in total. The van der Waals surface area contributed by atoms with Gasteiger partial charge in [-0.1, -0.05) is 41.2 Å². The zero-order valence-corrected chi connectivity index (χ0v) is 12.9.